The number of hydrogen-bond donors (Lipinski definition) is 1. The average molecular weight is 464 g/mol. The van der Waals surface area contributed by atoms with Crippen LogP contribution in [0.1, 0.15) is 31.1 Å². The van der Waals surface area contributed by atoms with Crippen molar-refractivity contribution in [1.29, 1.82) is 0 Å². The van der Waals surface area contributed by atoms with Crippen LogP contribution in [0.3, 0.4) is 0 Å². The summed E-state index contributed by atoms with van der Waals surface area (Å²) in [5, 5.41) is 0. The number of rotatable bonds is 4. The molecule has 0 aliphatic carbocycles. The van der Waals surface area contributed by atoms with Crippen LogP contribution in [0.25, 0.3) is 0 Å². The highest BCUT2D eigenvalue weighted by molar-refractivity contribution is 7.92. The zero-order valence-corrected chi connectivity index (χ0v) is 19.0. The molecule has 1 aliphatic rings. The van der Waals surface area contributed by atoms with Gasteiger partial charge in [-0.05, 0) is 51.1 Å². The Morgan fingerprint density at radius 3 is 2.22 bits per heavy atom. The predicted molar refractivity (Wildman–Crippen MR) is 117 cm³/mol. The van der Waals surface area contributed by atoms with Crippen LogP contribution in [0, 0.1) is 5.82 Å². The fraction of sp³-hybridized carbons (Fsp3) is 0.364. The van der Waals surface area contributed by atoms with E-state index in [9.17, 15) is 22.4 Å². The second kappa shape index (κ2) is 9.15. The molecular formula is C22H26FN3O5S. The molecule has 1 N–H and O–H groups in total. The Morgan fingerprint density at radius 1 is 0.969 bits per heavy atom. The summed E-state index contributed by atoms with van der Waals surface area (Å²) in [5.41, 5.74) is -0.596. The molecule has 2 amide bonds. The van der Waals surface area contributed by atoms with Crippen LogP contribution in [0.5, 0.6) is 0 Å². The third-order valence-electron chi connectivity index (χ3n) is 4.73. The number of benzene rings is 2. The van der Waals surface area contributed by atoms with Crippen LogP contribution in [0.2, 0.25) is 0 Å². The number of nitrogens with one attached hydrogen (secondary N) is 1. The molecule has 32 heavy (non-hydrogen) atoms. The van der Waals surface area contributed by atoms with Gasteiger partial charge in [-0.1, -0.05) is 18.2 Å². The lowest BCUT2D eigenvalue weighted by Gasteiger charge is -2.35. The average Bonchev–Trinajstić information content (AvgIpc) is 2.74. The van der Waals surface area contributed by atoms with Gasteiger partial charge >= 0.3 is 6.09 Å². The number of amides is 2. The van der Waals surface area contributed by atoms with E-state index in [1.54, 1.807) is 25.7 Å². The minimum absolute atomic E-state index is 0.154. The lowest BCUT2D eigenvalue weighted by Crippen LogP contribution is -2.51. The highest BCUT2D eigenvalue weighted by Gasteiger charge is 2.28. The lowest BCUT2D eigenvalue weighted by atomic mass is 10.2. The molecule has 1 fully saturated rings. The molecular weight excluding hydrogens is 437 g/mol. The van der Waals surface area contributed by atoms with Crippen molar-refractivity contribution in [2.45, 2.75) is 31.3 Å². The quantitative estimate of drug-likeness (QED) is 0.751. The van der Waals surface area contributed by atoms with Crippen LogP contribution in [0.15, 0.2) is 53.4 Å². The third-order valence-corrected chi connectivity index (χ3v) is 6.09. The smallest absolute Gasteiger partial charge is 0.410 e. The van der Waals surface area contributed by atoms with Gasteiger partial charge in [0.25, 0.3) is 15.9 Å². The van der Waals surface area contributed by atoms with Crippen LogP contribution in [0.4, 0.5) is 14.9 Å². The third kappa shape index (κ3) is 5.76. The number of carbonyl (C=O) groups is 2. The SMILES string of the molecule is CC(C)(C)OC(=O)N1CCN(C(=O)c2cccc(S(=O)(=O)Nc3ccccc3F)c2)CC1. The van der Waals surface area contributed by atoms with Crippen LogP contribution < -0.4 is 4.72 Å². The topological polar surface area (TPSA) is 96.0 Å². The molecule has 1 aliphatic heterocycles. The molecule has 0 bridgehead atoms. The second-order valence-electron chi connectivity index (χ2n) is 8.37. The van der Waals surface area contributed by atoms with Gasteiger partial charge in [-0.2, -0.15) is 0 Å². The number of anilines is 1. The van der Waals surface area contributed by atoms with Gasteiger partial charge in [-0.3, -0.25) is 9.52 Å². The molecule has 3 rings (SSSR count). The van der Waals surface area contributed by atoms with Crippen LogP contribution in [-0.4, -0.2) is 62.0 Å². The Hall–Kier alpha value is -3.14. The first kappa shape index (κ1) is 23.5. The molecule has 1 saturated heterocycles. The molecule has 0 spiro atoms. The van der Waals surface area contributed by atoms with E-state index in [4.69, 9.17) is 4.74 Å². The Bertz CT molecular complexity index is 1110. The fourth-order valence-corrected chi connectivity index (χ4v) is 4.26. The highest BCUT2D eigenvalue weighted by atomic mass is 32.2. The largest absolute Gasteiger partial charge is 0.444 e. The predicted octanol–water partition coefficient (Wildman–Crippen LogP) is 3.32. The van der Waals surface area contributed by atoms with Crippen LogP contribution in [-0.2, 0) is 14.8 Å². The standard InChI is InChI=1S/C22H26FN3O5S/c1-22(2,3)31-21(28)26-13-11-25(12-14-26)20(27)16-7-6-8-17(15-16)32(29,30)24-19-10-5-4-9-18(19)23/h4-10,15,24H,11-14H2,1-3H3. The van der Waals surface area contributed by atoms with Crippen molar-refractivity contribution in [3.8, 4) is 0 Å². The van der Waals surface area contributed by atoms with Gasteiger partial charge in [0.1, 0.15) is 11.4 Å². The normalized spacial score (nSPS) is 14.8. The molecule has 0 saturated carbocycles. The summed E-state index contributed by atoms with van der Waals surface area (Å²) in [4.78, 5) is 28.0. The van der Waals surface area contributed by atoms with Crippen molar-refractivity contribution in [3.63, 3.8) is 0 Å². The number of para-hydroxylation sites is 1. The molecule has 2 aromatic rings. The summed E-state index contributed by atoms with van der Waals surface area (Å²) < 4.78 is 46.7. The Labute approximate surface area is 187 Å². The van der Waals surface area contributed by atoms with Gasteiger partial charge in [-0.15, -0.1) is 0 Å². The van der Waals surface area contributed by atoms with Gasteiger partial charge in [0.2, 0.25) is 0 Å². The Kier molecular flexibility index (Phi) is 6.73. The number of nitrogens with zero attached hydrogens (tertiary/aromatic N) is 2. The molecule has 172 valence electrons. The maximum atomic E-state index is 13.8. The summed E-state index contributed by atoms with van der Waals surface area (Å²) in [6, 6.07) is 11.0. The number of carbonyl (C=O) groups excluding carboxylic acids is 2. The number of halogens is 1. The minimum Gasteiger partial charge on any atom is -0.444 e. The zero-order valence-electron chi connectivity index (χ0n) is 18.2. The van der Waals surface area contributed by atoms with Gasteiger partial charge < -0.3 is 14.5 Å². The molecule has 0 atom stereocenters. The molecule has 8 nitrogen and oxygen atoms in total. The number of hydrogen-bond acceptors (Lipinski definition) is 5. The van der Waals surface area contributed by atoms with Crippen molar-refractivity contribution in [3.05, 3.63) is 59.9 Å². The maximum Gasteiger partial charge on any atom is 0.410 e. The Balaban J connectivity index is 1.68. The molecule has 0 radical (unpaired) electrons. The van der Waals surface area contributed by atoms with Crippen molar-refractivity contribution in [2.24, 2.45) is 0 Å². The maximum absolute atomic E-state index is 13.8. The summed E-state index contributed by atoms with van der Waals surface area (Å²) in [6.07, 6.45) is -0.433. The molecule has 1 heterocycles. The van der Waals surface area contributed by atoms with Crippen LogP contribution >= 0.6 is 0 Å². The number of ether oxygens (including phenoxy) is 1. The molecule has 0 aromatic heterocycles. The van der Waals surface area contributed by atoms with E-state index in [2.05, 4.69) is 4.72 Å². The van der Waals surface area contributed by atoms with Crippen molar-refractivity contribution in [2.75, 3.05) is 30.9 Å². The van der Waals surface area contributed by atoms with Gasteiger partial charge in [0, 0.05) is 31.7 Å². The summed E-state index contributed by atoms with van der Waals surface area (Å²) >= 11 is 0. The monoisotopic (exact) mass is 463 g/mol. The molecule has 0 unspecified atom stereocenters. The molecule has 10 heteroatoms. The number of sulfonamides is 1. The van der Waals surface area contributed by atoms with E-state index in [-0.39, 0.29) is 22.1 Å². The van der Waals surface area contributed by atoms with E-state index < -0.39 is 27.5 Å². The lowest BCUT2D eigenvalue weighted by molar-refractivity contribution is 0.0141. The molecule has 2 aromatic carbocycles. The van der Waals surface area contributed by atoms with Crippen molar-refractivity contribution < 1.29 is 27.1 Å². The van der Waals surface area contributed by atoms with Gasteiger partial charge in [0.05, 0.1) is 10.6 Å². The first-order valence-corrected chi connectivity index (χ1v) is 11.6. The first-order valence-electron chi connectivity index (χ1n) is 10.1. The van der Waals surface area contributed by atoms with E-state index in [1.807, 2.05) is 0 Å². The fourth-order valence-electron chi connectivity index (χ4n) is 3.15. The van der Waals surface area contributed by atoms with E-state index >= 15 is 0 Å². The van der Waals surface area contributed by atoms with Gasteiger partial charge in [-0.25, -0.2) is 17.6 Å². The van der Waals surface area contributed by atoms with E-state index in [0.29, 0.717) is 26.2 Å². The first-order chi connectivity index (χ1) is 15.0. The van der Waals surface area contributed by atoms with Crippen molar-refractivity contribution in [1.82, 2.24) is 9.80 Å². The van der Waals surface area contributed by atoms with E-state index in [1.165, 1.54) is 47.4 Å². The Morgan fingerprint density at radius 2 is 1.59 bits per heavy atom. The summed E-state index contributed by atoms with van der Waals surface area (Å²) in [5.74, 6) is -1.05. The summed E-state index contributed by atoms with van der Waals surface area (Å²) in [7, 11) is -4.09. The van der Waals surface area contributed by atoms with Crippen molar-refractivity contribution >= 4 is 27.7 Å². The van der Waals surface area contributed by atoms with E-state index in [0.717, 1.165) is 6.07 Å². The second-order valence-corrected chi connectivity index (χ2v) is 10.1. The highest BCUT2D eigenvalue weighted by Crippen LogP contribution is 2.21. The van der Waals surface area contributed by atoms with Gasteiger partial charge in [0.15, 0.2) is 0 Å². The minimum atomic E-state index is -4.09. The summed E-state index contributed by atoms with van der Waals surface area (Å²) in [6.45, 7) is 6.57. The zero-order chi connectivity index (χ0) is 23.5. The number of piperazine rings is 1.